The van der Waals surface area contributed by atoms with E-state index in [-0.39, 0.29) is 23.8 Å². The predicted octanol–water partition coefficient (Wildman–Crippen LogP) is 4.37. The van der Waals surface area contributed by atoms with Crippen LogP contribution in [0, 0.1) is 11.3 Å². The summed E-state index contributed by atoms with van der Waals surface area (Å²) in [7, 11) is 0. The zero-order chi connectivity index (χ0) is 28.4. The quantitative estimate of drug-likeness (QED) is 0.410. The van der Waals surface area contributed by atoms with Crippen molar-refractivity contribution < 1.29 is 24.2 Å². The van der Waals surface area contributed by atoms with E-state index in [4.69, 9.17) is 4.74 Å². The van der Waals surface area contributed by atoms with Crippen molar-refractivity contribution in [1.29, 1.82) is 5.26 Å². The van der Waals surface area contributed by atoms with Crippen molar-refractivity contribution in [1.82, 2.24) is 15.5 Å². The number of para-hydroxylation sites is 1. The van der Waals surface area contributed by atoms with Crippen LogP contribution >= 0.6 is 0 Å². The summed E-state index contributed by atoms with van der Waals surface area (Å²) in [5.41, 5.74) is 0.175. The number of hydrogen-bond acceptors (Lipinski definition) is 6. The third kappa shape index (κ3) is 8.74. The molecule has 1 fully saturated rings. The fourth-order valence-electron chi connectivity index (χ4n) is 4.77. The van der Waals surface area contributed by atoms with Crippen LogP contribution in [0.15, 0.2) is 54.6 Å². The molecular formula is C30H38N4O5. The molecule has 9 heteroatoms. The van der Waals surface area contributed by atoms with Crippen LogP contribution in [0.3, 0.4) is 0 Å². The van der Waals surface area contributed by atoms with Crippen LogP contribution in [0.2, 0.25) is 0 Å². The number of nitriles is 1. The van der Waals surface area contributed by atoms with E-state index in [9.17, 15) is 24.8 Å². The van der Waals surface area contributed by atoms with Crippen LogP contribution in [-0.4, -0.2) is 52.1 Å². The molecule has 2 aromatic rings. The maximum absolute atomic E-state index is 14.1. The van der Waals surface area contributed by atoms with Crippen LogP contribution in [0.25, 0.3) is 0 Å². The van der Waals surface area contributed by atoms with Crippen molar-refractivity contribution in [2.24, 2.45) is 0 Å². The smallest absolute Gasteiger partial charge is 0.408 e. The van der Waals surface area contributed by atoms with E-state index in [0.717, 1.165) is 42.6 Å². The van der Waals surface area contributed by atoms with Gasteiger partial charge in [-0.25, -0.2) is 4.79 Å². The van der Waals surface area contributed by atoms with Gasteiger partial charge in [0.25, 0.3) is 0 Å². The summed E-state index contributed by atoms with van der Waals surface area (Å²) in [4.78, 5) is 41.7. The second-order valence-electron chi connectivity index (χ2n) is 10.8. The van der Waals surface area contributed by atoms with Gasteiger partial charge in [0, 0.05) is 18.0 Å². The lowest BCUT2D eigenvalue weighted by molar-refractivity contribution is -0.142. The van der Waals surface area contributed by atoms with Gasteiger partial charge >= 0.3 is 6.09 Å². The topological polar surface area (TPSA) is 132 Å². The van der Waals surface area contributed by atoms with Crippen LogP contribution in [0.5, 0.6) is 5.75 Å². The van der Waals surface area contributed by atoms with Gasteiger partial charge in [0.15, 0.2) is 0 Å². The molecule has 1 aliphatic rings. The Morgan fingerprint density at radius 1 is 1.05 bits per heavy atom. The SMILES string of the molecule is CC(C)(C)OC(=O)NC(Cc1ccccc1)C(=O)N(CC#N)C(C(=O)NC1CCCCC1)c1ccccc1O. The number of benzene rings is 2. The molecule has 3 N–H and O–H groups in total. The van der Waals surface area contributed by atoms with Gasteiger partial charge in [-0.05, 0) is 45.2 Å². The molecular weight excluding hydrogens is 496 g/mol. The van der Waals surface area contributed by atoms with E-state index >= 15 is 0 Å². The molecule has 39 heavy (non-hydrogen) atoms. The molecule has 0 radical (unpaired) electrons. The predicted molar refractivity (Wildman–Crippen MR) is 146 cm³/mol. The summed E-state index contributed by atoms with van der Waals surface area (Å²) in [5, 5.41) is 26.1. The highest BCUT2D eigenvalue weighted by atomic mass is 16.6. The lowest BCUT2D eigenvalue weighted by Gasteiger charge is -2.34. The first-order valence-electron chi connectivity index (χ1n) is 13.4. The van der Waals surface area contributed by atoms with E-state index in [1.165, 1.54) is 6.07 Å². The molecule has 0 bridgehead atoms. The normalized spacial score (nSPS) is 15.3. The summed E-state index contributed by atoms with van der Waals surface area (Å²) >= 11 is 0. The van der Waals surface area contributed by atoms with Gasteiger partial charge in [0.05, 0.1) is 6.07 Å². The largest absolute Gasteiger partial charge is 0.508 e. The Bertz CT molecular complexity index is 1170. The van der Waals surface area contributed by atoms with Crippen molar-refractivity contribution in [2.45, 2.75) is 83.0 Å². The fourth-order valence-corrected chi connectivity index (χ4v) is 4.77. The third-order valence-corrected chi connectivity index (χ3v) is 6.54. The van der Waals surface area contributed by atoms with Crippen molar-refractivity contribution >= 4 is 17.9 Å². The summed E-state index contributed by atoms with van der Waals surface area (Å²) in [6.07, 6.45) is 4.05. The number of ether oxygens (including phenoxy) is 1. The number of aromatic hydroxyl groups is 1. The Kier molecular flexibility index (Phi) is 10.3. The van der Waals surface area contributed by atoms with Crippen LogP contribution < -0.4 is 10.6 Å². The molecule has 0 heterocycles. The lowest BCUT2D eigenvalue weighted by Crippen LogP contribution is -2.54. The number of nitrogens with zero attached hydrogens (tertiary/aromatic N) is 2. The number of nitrogens with one attached hydrogen (secondary N) is 2. The molecule has 0 aliphatic heterocycles. The fraction of sp³-hybridized carbons (Fsp3) is 0.467. The summed E-state index contributed by atoms with van der Waals surface area (Å²) in [6.45, 7) is 4.71. The second-order valence-corrected chi connectivity index (χ2v) is 10.8. The molecule has 3 rings (SSSR count). The van der Waals surface area contributed by atoms with Crippen molar-refractivity contribution in [3.8, 4) is 11.8 Å². The standard InChI is InChI=1S/C30H38N4O5/c1-30(2,3)39-29(38)33-24(20-21-12-6-4-7-13-21)28(37)34(19-18-31)26(23-16-10-11-17-25(23)35)27(36)32-22-14-8-5-9-15-22/h4,6-7,10-13,16-17,22,24,26,35H,5,8-9,14-15,19-20H2,1-3H3,(H,32,36)(H,33,38). The molecule has 0 saturated heterocycles. The van der Waals surface area contributed by atoms with Gasteiger partial charge in [-0.2, -0.15) is 5.26 Å². The van der Waals surface area contributed by atoms with Gasteiger partial charge in [-0.15, -0.1) is 0 Å². The molecule has 0 aromatic heterocycles. The molecule has 2 aromatic carbocycles. The Balaban J connectivity index is 1.99. The first-order chi connectivity index (χ1) is 18.6. The molecule has 3 amide bonds. The van der Waals surface area contributed by atoms with Gasteiger partial charge in [0.1, 0.15) is 30.0 Å². The molecule has 208 valence electrons. The first-order valence-corrected chi connectivity index (χ1v) is 13.4. The van der Waals surface area contributed by atoms with Crippen molar-refractivity contribution in [3.63, 3.8) is 0 Å². The van der Waals surface area contributed by atoms with Gasteiger partial charge in [-0.3, -0.25) is 9.59 Å². The highest BCUT2D eigenvalue weighted by Gasteiger charge is 2.38. The van der Waals surface area contributed by atoms with Crippen molar-refractivity contribution in [3.05, 3.63) is 65.7 Å². The number of carbonyl (C=O) groups excluding carboxylic acids is 3. The van der Waals surface area contributed by atoms with E-state index < -0.39 is 42.1 Å². The molecule has 1 saturated carbocycles. The van der Waals surface area contributed by atoms with E-state index in [2.05, 4.69) is 10.6 Å². The minimum atomic E-state index is -1.28. The van der Waals surface area contributed by atoms with E-state index in [1.54, 1.807) is 39.0 Å². The third-order valence-electron chi connectivity index (χ3n) is 6.54. The Morgan fingerprint density at radius 2 is 1.69 bits per heavy atom. The number of phenolic OH excluding ortho intramolecular Hbond substituents is 1. The molecule has 9 nitrogen and oxygen atoms in total. The maximum atomic E-state index is 14.1. The van der Waals surface area contributed by atoms with Crippen LogP contribution in [0.4, 0.5) is 4.79 Å². The van der Waals surface area contributed by atoms with Crippen LogP contribution in [0.1, 0.15) is 70.0 Å². The molecule has 0 spiro atoms. The number of amides is 3. The highest BCUT2D eigenvalue weighted by Crippen LogP contribution is 2.30. The van der Waals surface area contributed by atoms with Gasteiger partial charge < -0.3 is 25.4 Å². The minimum absolute atomic E-state index is 0.0568. The van der Waals surface area contributed by atoms with Gasteiger partial charge in [-0.1, -0.05) is 67.8 Å². The number of rotatable bonds is 9. The average Bonchev–Trinajstić information content (AvgIpc) is 2.89. The van der Waals surface area contributed by atoms with Crippen LogP contribution in [-0.2, 0) is 20.7 Å². The van der Waals surface area contributed by atoms with Gasteiger partial charge in [0.2, 0.25) is 11.8 Å². The number of hydrogen-bond donors (Lipinski definition) is 3. The minimum Gasteiger partial charge on any atom is -0.508 e. The monoisotopic (exact) mass is 534 g/mol. The number of phenols is 1. The van der Waals surface area contributed by atoms with Crippen molar-refractivity contribution in [2.75, 3.05) is 6.54 Å². The lowest BCUT2D eigenvalue weighted by atomic mass is 9.94. The average molecular weight is 535 g/mol. The first kappa shape index (κ1) is 29.5. The summed E-state index contributed by atoms with van der Waals surface area (Å²) < 4.78 is 5.40. The zero-order valence-electron chi connectivity index (χ0n) is 22.9. The molecule has 2 atom stereocenters. The van der Waals surface area contributed by atoms with E-state index in [1.807, 2.05) is 36.4 Å². The molecule has 2 unspecified atom stereocenters. The zero-order valence-corrected chi connectivity index (χ0v) is 22.9. The Labute approximate surface area is 230 Å². The summed E-state index contributed by atoms with van der Waals surface area (Å²) in [6, 6.07) is 14.9. The van der Waals surface area contributed by atoms with E-state index in [0.29, 0.717) is 0 Å². The number of carbonyl (C=O) groups is 3. The molecule has 1 aliphatic carbocycles. The summed E-state index contributed by atoms with van der Waals surface area (Å²) in [5.74, 6) is -1.29. The Hall–Kier alpha value is -4.06. The highest BCUT2D eigenvalue weighted by molar-refractivity contribution is 5.93. The number of alkyl carbamates (subject to hydrolysis) is 1. The second kappa shape index (κ2) is 13.7. The maximum Gasteiger partial charge on any atom is 0.408 e. The Morgan fingerprint density at radius 3 is 2.31 bits per heavy atom.